The second kappa shape index (κ2) is 12.3. The van der Waals surface area contributed by atoms with Gasteiger partial charge in [-0.05, 0) is 12.2 Å². The van der Waals surface area contributed by atoms with E-state index in [-0.39, 0.29) is 23.1 Å². The fourth-order valence-corrected chi connectivity index (χ4v) is 3.59. The van der Waals surface area contributed by atoms with Crippen LogP contribution in [-0.2, 0) is 4.74 Å². The van der Waals surface area contributed by atoms with E-state index in [0.717, 1.165) is 0 Å². The molecule has 1 saturated heterocycles. The zero-order valence-electron chi connectivity index (χ0n) is 19.9. The largest absolute Gasteiger partial charge is 0.352 e. The van der Waals surface area contributed by atoms with Gasteiger partial charge in [0.2, 0.25) is 0 Å². The lowest BCUT2D eigenvalue weighted by molar-refractivity contribution is 0.0948. The molecule has 4 aromatic carbocycles. The second-order valence-corrected chi connectivity index (χ2v) is 8.23. The van der Waals surface area contributed by atoms with Crippen LogP contribution < -0.4 is 0 Å². The molecule has 0 N–H and O–H groups in total. The van der Waals surface area contributed by atoms with Gasteiger partial charge in [-0.3, -0.25) is 19.2 Å². The Bertz CT molecular complexity index is 1290. The van der Waals surface area contributed by atoms with Gasteiger partial charge >= 0.3 is 0 Å². The van der Waals surface area contributed by atoms with Crippen LogP contribution in [0.4, 0.5) is 0 Å². The average Bonchev–Trinajstić information content (AvgIpc) is 3.78. The van der Waals surface area contributed by atoms with Crippen LogP contribution in [-0.4, -0.2) is 35.3 Å². The Hall–Kier alpha value is -4.74. The molecule has 1 aliphatic heterocycles. The first-order valence-electron chi connectivity index (χ1n) is 11.8. The summed E-state index contributed by atoms with van der Waals surface area (Å²) in [6.45, 7) is 0. The molecule has 0 spiro atoms. The predicted octanol–water partition coefficient (Wildman–Crippen LogP) is 5.83. The van der Waals surface area contributed by atoms with Crippen molar-refractivity contribution in [2.24, 2.45) is 0 Å². The first-order valence-corrected chi connectivity index (χ1v) is 11.8. The van der Waals surface area contributed by atoms with E-state index >= 15 is 0 Å². The van der Waals surface area contributed by atoms with Crippen molar-refractivity contribution in [1.29, 1.82) is 0 Å². The highest BCUT2D eigenvalue weighted by atomic mass is 16.6. The standard InChI is InChI=1S/C16H12O3.C16H12O2/c17-13(11-7-3-1-4-8-11)15-16(19-15)14(18)12-9-5-2-6-10-12;17-15(13-7-3-1-4-8-13)11-12-16(18)14-9-5-2-6-10-14/h1-10,15-16H;1-12H/b;12-11+/t15-,16?;/m0./s1. The minimum atomic E-state index is -0.630. The molecule has 1 unspecified atom stereocenters. The van der Waals surface area contributed by atoms with Gasteiger partial charge in [0, 0.05) is 22.3 Å². The number of hydrogen-bond acceptors (Lipinski definition) is 5. The van der Waals surface area contributed by atoms with Crippen LogP contribution in [0.3, 0.4) is 0 Å². The molecule has 1 heterocycles. The Morgan fingerprint density at radius 1 is 0.432 bits per heavy atom. The molecule has 2 atom stereocenters. The summed E-state index contributed by atoms with van der Waals surface area (Å²) in [5, 5.41) is 0. The molecule has 0 amide bonds. The van der Waals surface area contributed by atoms with Crippen LogP contribution in [0.25, 0.3) is 0 Å². The normalized spacial score (nSPS) is 15.8. The Balaban J connectivity index is 0.000000173. The Labute approximate surface area is 215 Å². The van der Waals surface area contributed by atoms with Gasteiger partial charge in [-0.25, -0.2) is 0 Å². The summed E-state index contributed by atoms with van der Waals surface area (Å²) < 4.78 is 5.25. The Morgan fingerprint density at radius 3 is 1.00 bits per heavy atom. The van der Waals surface area contributed by atoms with Crippen LogP contribution in [0.2, 0.25) is 0 Å². The molecule has 0 radical (unpaired) electrons. The third-order valence-corrected chi connectivity index (χ3v) is 5.63. The number of ether oxygens (including phenoxy) is 1. The van der Waals surface area contributed by atoms with Gasteiger partial charge in [0.05, 0.1) is 0 Å². The molecule has 182 valence electrons. The predicted molar refractivity (Wildman–Crippen MR) is 141 cm³/mol. The fraction of sp³-hybridized carbons (Fsp3) is 0.0625. The summed E-state index contributed by atoms with van der Waals surface area (Å²) in [4.78, 5) is 47.6. The number of Topliss-reactive ketones (excluding diaryl/α,β-unsaturated/α-hetero) is 2. The zero-order chi connectivity index (χ0) is 26.0. The van der Waals surface area contributed by atoms with E-state index < -0.39 is 12.2 Å². The highest BCUT2D eigenvalue weighted by molar-refractivity contribution is 6.12. The van der Waals surface area contributed by atoms with Gasteiger partial charge in [-0.15, -0.1) is 0 Å². The zero-order valence-corrected chi connectivity index (χ0v) is 19.9. The molecule has 5 nitrogen and oxygen atoms in total. The van der Waals surface area contributed by atoms with E-state index in [9.17, 15) is 19.2 Å². The smallest absolute Gasteiger partial charge is 0.194 e. The number of ketones is 4. The molecule has 0 aromatic heterocycles. The summed E-state index contributed by atoms with van der Waals surface area (Å²) in [5.74, 6) is -0.593. The van der Waals surface area contributed by atoms with Crippen molar-refractivity contribution in [3.8, 4) is 0 Å². The first-order chi connectivity index (χ1) is 18.0. The first kappa shape index (κ1) is 25.4. The number of allylic oxidation sites excluding steroid dienone is 2. The molecule has 4 aromatic rings. The minimum absolute atomic E-state index is 0.130. The molecule has 1 aliphatic rings. The van der Waals surface area contributed by atoms with Crippen molar-refractivity contribution >= 4 is 23.1 Å². The maximum Gasteiger partial charge on any atom is 0.194 e. The molecule has 5 rings (SSSR count). The lowest BCUT2D eigenvalue weighted by Crippen LogP contribution is -2.16. The summed E-state index contributed by atoms with van der Waals surface area (Å²) in [5.41, 5.74) is 2.32. The minimum Gasteiger partial charge on any atom is -0.352 e. The molecule has 0 bridgehead atoms. The average molecular weight is 489 g/mol. The SMILES string of the molecule is O=C(/C=C/C(=O)c1ccccc1)c1ccccc1.O=C(c1ccccc1)C1O[C@H]1C(=O)c1ccccc1. The van der Waals surface area contributed by atoms with E-state index in [1.54, 1.807) is 97.1 Å². The van der Waals surface area contributed by atoms with Crippen molar-refractivity contribution < 1.29 is 23.9 Å². The van der Waals surface area contributed by atoms with Crippen LogP contribution in [0.15, 0.2) is 133 Å². The molecule has 37 heavy (non-hydrogen) atoms. The second-order valence-electron chi connectivity index (χ2n) is 8.23. The lowest BCUT2D eigenvalue weighted by atomic mass is 10.0. The van der Waals surface area contributed by atoms with Crippen LogP contribution in [0, 0.1) is 0 Å². The van der Waals surface area contributed by atoms with Crippen molar-refractivity contribution in [1.82, 2.24) is 0 Å². The summed E-state index contributed by atoms with van der Waals surface area (Å²) in [6, 6.07) is 35.5. The highest BCUT2D eigenvalue weighted by Crippen LogP contribution is 2.29. The van der Waals surface area contributed by atoms with Crippen molar-refractivity contribution in [2.75, 3.05) is 0 Å². The Morgan fingerprint density at radius 2 is 0.703 bits per heavy atom. The summed E-state index contributed by atoms with van der Waals surface area (Å²) >= 11 is 0. The number of benzene rings is 4. The summed E-state index contributed by atoms with van der Waals surface area (Å²) in [7, 11) is 0. The van der Waals surface area contributed by atoms with Gasteiger partial charge in [-0.2, -0.15) is 0 Å². The molecule has 0 saturated carbocycles. The fourth-order valence-electron chi connectivity index (χ4n) is 3.59. The summed E-state index contributed by atoms with van der Waals surface area (Å²) in [6.07, 6.45) is 1.36. The third-order valence-electron chi connectivity index (χ3n) is 5.63. The number of epoxide rings is 1. The van der Waals surface area contributed by atoms with E-state index in [1.165, 1.54) is 12.2 Å². The van der Waals surface area contributed by atoms with Crippen molar-refractivity contribution in [3.05, 3.63) is 156 Å². The quantitative estimate of drug-likeness (QED) is 0.177. The molecular weight excluding hydrogens is 464 g/mol. The number of rotatable bonds is 8. The van der Waals surface area contributed by atoms with Gasteiger partial charge in [0.25, 0.3) is 0 Å². The van der Waals surface area contributed by atoms with Gasteiger partial charge in [0.1, 0.15) is 0 Å². The Kier molecular flexibility index (Phi) is 8.42. The molecular formula is C32H24O5. The van der Waals surface area contributed by atoms with Crippen molar-refractivity contribution in [2.45, 2.75) is 12.2 Å². The van der Waals surface area contributed by atoms with E-state index in [1.807, 2.05) is 24.3 Å². The molecule has 5 heteroatoms. The number of carbonyl (C=O) groups excluding carboxylic acids is 4. The molecule has 1 fully saturated rings. The monoisotopic (exact) mass is 488 g/mol. The third kappa shape index (κ3) is 6.90. The van der Waals surface area contributed by atoms with E-state index in [2.05, 4.69) is 0 Å². The topological polar surface area (TPSA) is 80.8 Å². The van der Waals surface area contributed by atoms with E-state index in [4.69, 9.17) is 4.74 Å². The number of hydrogen-bond donors (Lipinski definition) is 0. The van der Waals surface area contributed by atoms with Gasteiger partial charge < -0.3 is 4.74 Å². The van der Waals surface area contributed by atoms with Crippen LogP contribution >= 0.6 is 0 Å². The van der Waals surface area contributed by atoms with E-state index in [0.29, 0.717) is 22.3 Å². The van der Waals surface area contributed by atoms with Gasteiger partial charge in [-0.1, -0.05) is 121 Å². The maximum absolute atomic E-state index is 12.1. The lowest BCUT2D eigenvalue weighted by Gasteiger charge is -1.97. The van der Waals surface area contributed by atoms with Crippen LogP contribution in [0.1, 0.15) is 41.4 Å². The van der Waals surface area contributed by atoms with Crippen molar-refractivity contribution in [3.63, 3.8) is 0 Å². The maximum atomic E-state index is 12.1. The van der Waals surface area contributed by atoms with Crippen LogP contribution in [0.5, 0.6) is 0 Å². The highest BCUT2D eigenvalue weighted by Gasteiger charge is 2.50. The van der Waals surface area contributed by atoms with Gasteiger partial charge in [0.15, 0.2) is 35.3 Å². The number of carbonyl (C=O) groups is 4. The molecule has 0 aliphatic carbocycles.